The third-order valence-electron chi connectivity index (χ3n) is 3.10. The van der Waals surface area contributed by atoms with Gasteiger partial charge in [0.05, 0.1) is 11.6 Å². The van der Waals surface area contributed by atoms with E-state index in [1.54, 1.807) is 0 Å². The molecule has 1 N–H and O–H groups in total. The number of carbonyl (C=O) groups excluding carboxylic acids is 1. The maximum absolute atomic E-state index is 12.4. The van der Waals surface area contributed by atoms with Crippen molar-refractivity contribution in [1.29, 1.82) is 0 Å². The van der Waals surface area contributed by atoms with Gasteiger partial charge in [0, 0.05) is 9.80 Å². The largest absolute Gasteiger partial charge is 0.344 e. The second kappa shape index (κ2) is 7.04. The Morgan fingerprint density at radius 1 is 1.15 bits per heavy atom. The van der Waals surface area contributed by atoms with Crippen LogP contribution in [0.2, 0.25) is 0 Å². The van der Waals surface area contributed by atoms with E-state index in [1.165, 1.54) is 0 Å². The monoisotopic (exact) mass is 395 g/mol. The number of aryl methyl sites for hydroxylation is 1. The summed E-state index contributed by atoms with van der Waals surface area (Å²) in [7, 11) is 0. The first-order chi connectivity index (χ1) is 9.63. The highest BCUT2D eigenvalue weighted by Gasteiger charge is 2.16. The van der Waals surface area contributed by atoms with E-state index in [9.17, 15) is 4.79 Å². The fraction of sp³-hybridized carbons (Fsp3) is 0.188. The number of rotatable bonds is 4. The van der Waals surface area contributed by atoms with Crippen molar-refractivity contribution in [2.45, 2.75) is 13.0 Å². The lowest BCUT2D eigenvalue weighted by atomic mass is 10.1. The molecule has 0 aliphatic rings. The van der Waals surface area contributed by atoms with Crippen LogP contribution in [0, 0.1) is 6.92 Å². The molecule has 1 unspecified atom stereocenters. The van der Waals surface area contributed by atoms with E-state index in [2.05, 4.69) is 37.2 Å². The molecule has 2 rings (SSSR count). The van der Waals surface area contributed by atoms with Crippen LogP contribution in [0.1, 0.15) is 27.5 Å². The van der Waals surface area contributed by atoms with Gasteiger partial charge in [0.25, 0.3) is 5.91 Å². The van der Waals surface area contributed by atoms with Gasteiger partial charge in [-0.3, -0.25) is 4.79 Å². The highest BCUT2D eigenvalue weighted by molar-refractivity contribution is 9.10. The number of hydrogen-bond acceptors (Lipinski definition) is 1. The summed E-state index contributed by atoms with van der Waals surface area (Å²) in [4.78, 5) is 12.4. The zero-order valence-corrected chi connectivity index (χ0v) is 14.2. The van der Waals surface area contributed by atoms with Gasteiger partial charge in [-0.1, -0.05) is 58.4 Å². The molecule has 104 valence electrons. The van der Waals surface area contributed by atoms with Crippen LogP contribution in [-0.2, 0) is 0 Å². The van der Waals surface area contributed by atoms with Crippen LogP contribution in [0.5, 0.6) is 0 Å². The van der Waals surface area contributed by atoms with Crippen LogP contribution in [-0.4, -0.2) is 11.2 Å². The van der Waals surface area contributed by atoms with Crippen LogP contribution in [0.15, 0.2) is 53.0 Å². The van der Waals surface area contributed by atoms with E-state index in [4.69, 9.17) is 0 Å². The molecule has 0 aromatic heterocycles. The van der Waals surface area contributed by atoms with Gasteiger partial charge in [0.2, 0.25) is 0 Å². The Hall–Kier alpha value is -1.13. The van der Waals surface area contributed by atoms with E-state index < -0.39 is 0 Å². The molecule has 0 bridgehead atoms. The lowest BCUT2D eigenvalue weighted by Gasteiger charge is -2.17. The molecule has 20 heavy (non-hydrogen) atoms. The summed E-state index contributed by atoms with van der Waals surface area (Å²) in [6.07, 6.45) is 0. The number of hydrogen-bond donors (Lipinski definition) is 1. The maximum Gasteiger partial charge on any atom is 0.252 e. The molecular formula is C16H15Br2NO. The minimum Gasteiger partial charge on any atom is -0.344 e. The molecule has 1 atom stereocenters. The minimum absolute atomic E-state index is 0.0453. The van der Waals surface area contributed by atoms with Gasteiger partial charge in [-0.2, -0.15) is 0 Å². The summed E-state index contributed by atoms with van der Waals surface area (Å²) in [5.74, 6) is -0.0751. The third kappa shape index (κ3) is 3.49. The molecule has 0 spiro atoms. The van der Waals surface area contributed by atoms with Crippen LogP contribution in [0.4, 0.5) is 0 Å². The van der Waals surface area contributed by atoms with Gasteiger partial charge in [-0.25, -0.2) is 0 Å². The van der Waals surface area contributed by atoms with Crippen molar-refractivity contribution in [3.05, 3.63) is 69.7 Å². The quantitative estimate of drug-likeness (QED) is 0.750. The van der Waals surface area contributed by atoms with Gasteiger partial charge in [0.1, 0.15) is 0 Å². The van der Waals surface area contributed by atoms with Crippen molar-refractivity contribution in [2.24, 2.45) is 0 Å². The van der Waals surface area contributed by atoms with E-state index in [-0.39, 0.29) is 11.9 Å². The van der Waals surface area contributed by atoms with Crippen LogP contribution in [0.25, 0.3) is 0 Å². The first kappa shape index (κ1) is 15.3. The minimum atomic E-state index is -0.0751. The van der Waals surface area contributed by atoms with E-state index in [0.717, 1.165) is 15.6 Å². The van der Waals surface area contributed by atoms with Gasteiger partial charge in [-0.15, -0.1) is 0 Å². The average Bonchev–Trinajstić information content (AvgIpc) is 2.48. The summed E-state index contributed by atoms with van der Waals surface area (Å²) >= 11 is 6.94. The molecular weight excluding hydrogens is 382 g/mol. The molecule has 0 heterocycles. The molecule has 2 aromatic carbocycles. The molecule has 0 saturated heterocycles. The molecule has 0 aliphatic heterocycles. The predicted molar refractivity (Wildman–Crippen MR) is 89.3 cm³/mol. The molecule has 0 radical (unpaired) electrons. The summed E-state index contributed by atoms with van der Waals surface area (Å²) < 4.78 is 0.846. The van der Waals surface area contributed by atoms with Crippen molar-refractivity contribution in [3.63, 3.8) is 0 Å². The molecule has 0 saturated carbocycles. The molecule has 4 heteroatoms. The second-order valence-electron chi connectivity index (χ2n) is 4.53. The standard InChI is InChI=1S/C16H15Br2NO/c1-11-6-5-9-13(15(11)18)16(20)19-14(10-17)12-7-3-2-4-8-12/h2-9,14H,10H2,1H3,(H,19,20). The maximum atomic E-state index is 12.4. The number of benzene rings is 2. The van der Waals surface area contributed by atoms with Gasteiger partial charge in [-0.05, 0) is 40.0 Å². The summed E-state index contributed by atoms with van der Waals surface area (Å²) in [6, 6.07) is 15.6. The van der Waals surface area contributed by atoms with Crippen LogP contribution in [0.3, 0.4) is 0 Å². The molecule has 1 amide bonds. The summed E-state index contributed by atoms with van der Waals surface area (Å²) in [5, 5.41) is 3.72. The van der Waals surface area contributed by atoms with Crippen molar-refractivity contribution >= 4 is 37.8 Å². The Labute approximate surface area is 135 Å². The molecule has 0 fully saturated rings. The molecule has 0 aliphatic carbocycles. The Balaban J connectivity index is 2.20. The zero-order valence-electron chi connectivity index (χ0n) is 11.1. The van der Waals surface area contributed by atoms with Crippen molar-refractivity contribution in [3.8, 4) is 0 Å². The fourth-order valence-corrected chi connectivity index (χ4v) is 2.94. The first-order valence-corrected chi connectivity index (χ1v) is 8.22. The SMILES string of the molecule is Cc1cccc(C(=O)NC(CBr)c2ccccc2)c1Br. The normalized spacial score (nSPS) is 11.9. The van der Waals surface area contributed by atoms with Crippen molar-refractivity contribution < 1.29 is 4.79 Å². The van der Waals surface area contributed by atoms with E-state index in [0.29, 0.717) is 10.9 Å². The van der Waals surface area contributed by atoms with Crippen molar-refractivity contribution in [1.82, 2.24) is 5.32 Å². The lowest BCUT2D eigenvalue weighted by Crippen LogP contribution is -2.29. The van der Waals surface area contributed by atoms with E-state index in [1.807, 2.05) is 55.5 Å². The Morgan fingerprint density at radius 3 is 2.50 bits per heavy atom. The Morgan fingerprint density at radius 2 is 1.85 bits per heavy atom. The number of halogens is 2. The Bertz CT molecular complexity index is 599. The van der Waals surface area contributed by atoms with Crippen molar-refractivity contribution in [2.75, 3.05) is 5.33 Å². The van der Waals surface area contributed by atoms with Gasteiger partial charge < -0.3 is 5.32 Å². The summed E-state index contributed by atoms with van der Waals surface area (Å²) in [5.41, 5.74) is 2.79. The third-order valence-corrected chi connectivity index (χ3v) is 4.80. The summed E-state index contributed by atoms with van der Waals surface area (Å²) in [6.45, 7) is 1.97. The average molecular weight is 397 g/mol. The van der Waals surface area contributed by atoms with E-state index >= 15 is 0 Å². The topological polar surface area (TPSA) is 29.1 Å². The highest BCUT2D eigenvalue weighted by Crippen LogP contribution is 2.22. The lowest BCUT2D eigenvalue weighted by molar-refractivity contribution is 0.0940. The smallest absolute Gasteiger partial charge is 0.252 e. The predicted octanol–water partition coefficient (Wildman–Crippen LogP) is 4.62. The van der Waals surface area contributed by atoms with Gasteiger partial charge in [0.15, 0.2) is 0 Å². The number of amides is 1. The Kier molecular flexibility index (Phi) is 5.38. The number of carbonyl (C=O) groups is 1. The first-order valence-electron chi connectivity index (χ1n) is 6.30. The fourth-order valence-electron chi connectivity index (χ4n) is 1.96. The zero-order chi connectivity index (χ0) is 14.5. The number of nitrogens with one attached hydrogen (secondary N) is 1. The van der Waals surface area contributed by atoms with Gasteiger partial charge >= 0.3 is 0 Å². The second-order valence-corrected chi connectivity index (χ2v) is 5.97. The highest BCUT2D eigenvalue weighted by atomic mass is 79.9. The molecule has 2 aromatic rings. The van der Waals surface area contributed by atoms with Crippen LogP contribution >= 0.6 is 31.9 Å². The van der Waals surface area contributed by atoms with Crippen LogP contribution < -0.4 is 5.32 Å². The number of alkyl halides is 1. The molecule has 2 nitrogen and oxygen atoms in total.